The number of methoxy groups -OCH3 is 1. The van der Waals surface area contributed by atoms with Crippen LogP contribution in [0.15, 0.2) is 18.2 Å². The summed E-state index contributed by atoms with van der Waals surface area (Å²) in [6.45, 7) is 2.50. The van der Waals surface area contributed by atoms with Crippen LogP contribution in [-0.2, 0) is 4.74 Å². The van der Waals surface area contributed by atoms with Crippen molar-refractivity contribution in [3.8, 4) is 11.5 Å². The summed E-state index contributed by atoms with van der Waals surface area (Å²) in [7, 11) is 1.64. The van der Waals surface area contributed by atoms with Gasteiger partial charge in [-0.25, -0.2) is 0 Å². The lowest BCUT2D eigenvalue weighted by Crippen LogP contribution is -2.25. The fourth-order valence-electron chi connectivity index (χ4n) is 1.83. The number of nitrogens with one attached hydrogen (secondary N) is 1. The zero-order valence-electron chi connectivity index (χ0n) is 11.1. The first-order valence-electron chi connectivity index (χ1n) is 6.48. The smallest absolute Gasteiger partial charge is 0.251 e. The standard InChI is InChI=1S/C14H19NO4/c1-17-7-2-6-15-14(16)11-4-5-12-13(10-11)19-9-3-8-18-12/h4-5,10H,2-3,6-9H2,1H3,(H,15,16). The topological polar surface area (TPSA) is 56.8 Å². The molecule has 0 aliphatic carbocycles. The van der Waals surface area contributed by atoms with Crippen molar-refractivity contribution in [2.45, 2.75) is 12.8 Å². The van der Waals surface area contributed by atoms with Crippen LogP contribution in [0.4, 0.5) is 0 Å². The van der Waals surface area contributed by atoms with Crippen molar-refractivity contribution in [3.05, 3.63) is 23.8 Å². The number of carbonyl (C=O) groups is 1. The first kappa shape index (κ1) is 13.7. The normalized spacial score (nSPS) is 13.7. The number of amides is 1. The zero-order valence-corrected chi connectivity index (χ0v) is 11.1. The van der Waals surface area contributed by atoms with E-state index in [1.54, 1.807) is 25.3 Å². The minimum atomic E-state index is -0.105. The molecule has 2 rings (SSSR count). The predicted molar refractivity (Wildman–Crippen MR) is 70.9 cm³/mol. The lowest BCUT2D eigenvalue weighted by molar-refractivity contribution is 0.0948. The van der Waals surface area contributed by atoms with Crippen LogP contribution >= 0.6 is 0 Å². The molecule has 104 valence electrons. The summed E-state index contributed by atoms with van der Waals surface area (Å²) in [5, 5.41) is 2.84. The molecule has 0 aromatic heterocycles. The highest BCUT2D eigenvalue weighted by Gasteiger charge is 2.13. The van der Waals surface area contributed by atoms with Crippen molar-refractivity contribution in [3.63, 3.8) is 0 Å². The number of ether oxygens (including phenoxy) is 3. The molecule has 5 nitrogen and oxygen atoms in total. The Morgan fingerprint density at radius 1 is 1.32 bits per heavy atom. The lowest BCUT2D eigenvalue weighted by atomic mass is 10.2. The van der Waals surface area contributed by atoms with E-state index < -0.39 is 0 Å². The number of hydrogen-bond donors (Lipinski definition) is 1. The van der Waals surface area contributed by atoms with Crippen LogP contribution in [0, 0.1) is 0 Å². The van der Waals surface area contributed by atoms with Crippen molar-refractivity contribution in [1.82, 2.24) is 5.32 Å². The van der Waals surface area contributed by atoms with Gasteiger partial charge in [-0.1, -0.05) is 0 Å². The van der Waals surface area contributed by atoms with E-state index >= 15 is 0 Å². The van der Waals surface area contributed by atoms with E-state index in [2.05, 4.69) is 5.32 Å². The molecule has 1 aromatic rings. The van der Waals surface area contributed by atoms with E-state index in [1.807, 2.05) is 0 Å². The Morgan fingerprint density at radius 2 is 2.11 bits per heavy atom. The Morgan fingerprint density at radius 3 is 2.89 bits per heavy atom. The van der Waals surface area contributed by atoms with Gasteiger partial charge in [0, 0.05) is 32.2 Å². The molecule has 0 radical (unpaired) electrons. The summed E-state index contributed by atoms with van der Waals surface area (Å²) in [6.07, 6.45) is 1.65. The van der Waals surface area contributed by atoms with Crippen LogP contribution in [0.2, 0.25) is 0 Å². The number of carbonyl (C=O) groups excluding carboxylic acids is 1. The SMILES string of the molecule is COCCCNC(=O)c1ccc2c(c1)OCCCO2. The minimum absolute atomic E-state index is 0.105. The van der Waals surface area contributed by atoms with Crippen molar-refractivity contribution in [1.29, 1.82) is 0 Å². The van der Waals surface area contributed by atoms with Gasteiger partial charge in [0.2, 0.25) is 0 Å². The van der Waals surface area contributed by atoms with E-state index in [0.29, 0.717) is 43.4 Å². The molecular formula is C14H19NO4. The summed E-state index contributed by atoms with van der Waals surface area (Å²) < 4.78 is 16.0. The maximum absolute atomic E-state index is 11.9. The Balaban J connectivity index is 1.96. The highest BCUT2D eigenvalue weighted by molar-refractivity contribution is 5.94. The van der Waals surface area contributed by atoms with Crippen molar-refractivity contribution in [2.24, 2.45) is 0 Å². The van der Waals surface area contributed by atoms with Crippen LogP contribution in [0.5, 0.6) is 11.5 Å². The van der Waals surface area contributed by atoms with Gasteiger partial charge in [0.1, 0.15) is 0 Å². The van der Waals surface area contributed by atoms with Crippen molar-refractivity contribution < 1.29 is 19.0 Å². The molecule has 0 unspecified atom stereocenters. The fraction of sp³-hybridized carbons (Fsp3) is 0.500. The second-order valence-electron chi connectivity index (χ2n) is 4.31. The molecule has 1 aliphatic heterocycles. The van der Waals surface area contributed by atoms with Crippen LogP contribution in [0.25, 0.3) is 0 Å². The highest BCUT2D eigenvalue weighted by Crippen LogP contribution is 2.30. The Hall–Kier alpha value is -1.75. The van der Waals surface area contributed by atoms with Gasteiger partial charge in [0.05, 0.1) is 13.2 Å². The average molecular weight is 265 g/mol. The molecule has 19 heavy (non-hydrogen) atoms. The highest BCUT2D eigenvalue weighted by atomic mass is 16.5. The molecule has 0 saturated heterocycles. The van der Waals surface area contributed by atoms with Gasteiger partial charge in [0.15, 0.2) is 11.5 Å². The third-order valence-corrected chi connectivity index (χ3v) is 2.82. The van der Waals surface area contributed by atoms with Gasteiger partial charge in [0.25, 0.3) is 5.91 Å². The average Bonchev–Trinajstić information content (AvgIpc) is 2.67. The molecule has 0 atom stereocenters. The maximum atomic E-state index is 11.9. The maximum Gasteiger partial charge on any atom is 0.251 e. The Kier molecular flexibility index (Phi) is 5.03. The molecule has 0 fully saturated rings. The number of hydrogen-bond acceptors (Lipinski definition) is 4. The molecule has 5 heteroatoms. The summed E-state index contributed by atoms with van der Waals surface area (Å²) in [4.78, 5) is 11.9. The molecular weight excluding hydrogens is 246 g/mol. The quantitative estimate of drug-likeness (QED) is 0.822. The molecule has 1 aliphatic rings. The van der Waals surface area contributed by atoms with Gasteiger partial charge < -0.3 is 19.5 Å². The third-order valence-electron chi connectivity index (χ3n) is 2.82. The van der Waals surface area contributed by atoms with E-state index in [9.17, 15) is 4.79 Å². The van der Waals surface area contributed by atoms with Gasteiger partial charge in [-0.15, -0.1) is 0 Å². The second-order valence-corrected chi connectivity index (χ2v) is 4.31. The molecule has 1 N–H and O–H groups in total. The monoisotopic (exact) mass is 265 g/mol. The minimum Gasteiger partial charge on any atom is -0.490 e. The van der Waals surface area contributed by atoms with Crippen molar-refractivity contribution in [2.75, 3.05) is 33.5 Å². The third kappa shape index (κ3) is 3.86. The van der Waals surface area contributed by atoms with E-state index in [4.69, 9.17) is 14.2 Å². The van der Waals surface area contributed by atoms with E-state index in [-0.39, 0.29) is 5.91 Å². The Labute approximate surface area is 112 Å². The summed E-state index contributed by atoms with van der Waals surface area (Å²) in [6, 6.07) is 5.26. The molecule has 0 saturated carbocycles. The first-order chi connectivity index (χ1) is 9.31. The lowest BCUT2D eigenvalue weighted by Gasteiger charge is -2.09. The number of benzene rings is 1. The summed E-state index contributed by atoms with van der Waals surface area (Å²) >= 11 is 0. The van der Waals surface area contributed by atoms with Crippen LogP contribution in [0.3, 0.4) is 0 Å². The van der Waals surface area contributed by atoms with Crippen molar-refractivity contribution >= 4 is 5.91 Å². The number of rotatable bonds is 5. The largest absolute Gasteiger partial charge is 0.490 e. The van der Waals surface area contributed by atoms with Crippen LogP contribution in [0.1, 0.15) is 23.2 Å². The van der Waals surface area contributed by atoms with E-state index in [0.717, 1.165) is 12.8 Å². The first-order valence-corrected chi connectivity index (χ1v) is 6.48. The predicted octanol–water partition coefficient (Wildman–Crippen LogP) is 1.61. The number of fused-ring (bicyclic) bond motifs is 1. The fourth-order valence-corrected chi connectivity index (χ4v) is 1.83. The van der Waals surface area contributed by atoms with Gasteiger partial charge in [-0.05, 0) is 24.6 Å². The molecule has 1 aromatic carbocycles. The van der Waals surface area contributed by atoms with Gasteiger partial charge in [-0.3, -0.25) is 4.79 Å². The Bertz CT molecular complexity index is 433. The van der Waals surface area contributed by atoms with Gasteiger partial charge in [-0.2, -0.15) is 0 Å². The molecule has 0 bridgehead atoms. The van der Waals surface area contributed by atoms with Gasteiger partial charge >= 0.3 is 0 Å². The molecule has 1 amide bonds. The zero-order chi connectivity index (χ0) is 13.5. The van der Waals surface area contributed by atoms with Crippen LogP contribution in [-0.4, -0.2) is 39.4 Å². The molecule has 1 heterocycles. The molecule has 0 spiro atoms. The second kappa shape index (κ2) is 6.99. The van der Waals surface area contributed by atoms with E-state index in [1.165, 1.54) is 0 Å². The van der Waals surface area contributed by atoms with Crippen LogP contribution < -0.4 is 14.8 Å². The summed E-state index contributed by atoms with van der Waals surface area (Å²) in [5.74, 6) is 1.24. The summed E-state index contributed by atoms with van der Waals surface area (Å²) in [5.41, 5.74) is 0.585.